The summed E-state index contributed by atoms with van der Waals surface area (Å²) < 4.78 is 6.92. The van der Waals surface area contributed by atoms with E-state index in [1.807, 2.05) is 19.5 Å². The largest absolute Gasteiger partial charge is 0.461 e. The maximum Gasteiger partial charge on any atom is 0.358 e. The summed E-state index contributed by atoms with van der Waals surface area (Å²) >= 11 is 0. The van der Waals surface area contributed by atoms with Gasteiger partial charge in [0.15, 0.2) is 5.69 Å². The lowest BCUT2D eigenvalue weighted by Crippen LogP contribution is -2.20. The molecule has 94 valence electrons. The van der Waals surface area contributed by atoms with Gasteiger partial charge >= 0.3 is 5.97 Å². The van der Waals surface area contributed by atoms with Crippen molar-refractivity contribution in [1.29, 1.82) is 0 Å². The van der Waals surface area contributed by atoms with Crippen LogP contribution in [0.15, 0.2) is 0 Å². The number of ether oxygens (including phenoxy) is 1. The Balaban J connectivity index is 3.09. The quantitative estimate of drug-likeness (QED) is 0.553. The summed E-state index contributed by atoms with van der Waals surface area (Å²) in [6, 6.07) is 0. The lowest BCUT2D eigenvalue weighted by Gasteiger charge is -2.08. The molecule has 1 aromatic rings. The first-order chi connectivity index (χ1) is 8.01. The van der Waals surface area contributed by atoms with E-state index in [1.54, 1.807) is 6.92 Å². The van der Waals surface area contributed by atoms with Crippen LogP contribution in [0.25, 0.3) is 0 Å². The van der Waals surface area contributed by atoms with Crippen molar-refractivity contribution in [2.24, 2.45) is 5.92 Å². The van der Waals surface area contributed by atoms with Crippen LogP contribution in [0.3, 0.4) is 0 Å². The van der Waals surface area contributed by atoms with Crippen LogP contribution in [-0.4, -0.2) is 30.2 Å². The molecule has 1 rings (SSSR count). The molecule has 0 bridgehead atoms. The minimum atomic E-state index is -0.317. The van der Waals surface area contributed by atoms with Gasteiger partial charge in [-0.05, 0) is 31.6 Å². The first kappa shape index (κ1) is 13.8. The lowest BCUT2D eigenvalue weighted by molar-refractivity contribution is 0.0520. The van der Waals surface area contributed by atoms with Crippen molar-refractivity contribution in [3.05, 3.63) is 11.4 Å². The van der Waals surface area contributed by atoms with Crippen molar-refractivity contribution in [3.63, 3.8) is 0 Å². The molecule has 0 spiro atoms. The first-order valence-electron chi connectivity index (χ1n) is 6.24. The van der Waals surface area contributed by atoms with Crippen LogP contribution in [0.2, 0.25) is 0 Å². The number of carbonyl (C=O) groups is 1. The van der Waals surface area contributed by atoms with Crippen molar-refractivity contribution < 1.29 is 9.53 Å². The maximum absolute atomic E-state index is 11.7. The Hall–Kier alpha value is -1.26. The molecule has 4 nitrogen and oxygen atoms in total. The standard InChI is InChI=1S/C12H21BN2O2/c1-5-15-9(7-8(3)4)10(13)11(14-15)12(16)17-6-2/h8H,5-7,13H2,1-4H3. The van der Waals surface area contributed by atoms with Crippen molar-refractivity contribution >= 4 is 19.3 Å². The van der Waals surface area contributed by atoms with E-state index in [2.05, 4.69) is 18.9 Å². The highest BCUT2D eigenvalue weighted by Crippen LogP contribution is 2.08. The van der Waals surface area contributed by atoms with E-state index in [9.17, 15) is 4.79 Å². The van der Waals surface area contributed by atoms with Gasteiger partial charge in [-0.15, -0.1) is 0 Å². The lowest BCUT2D eigenvalue weighted by atomic mass is 9.89. The normalized spacial score (nSPS) is 10.9. The molecule has 0 saturated heterocycles. The van der Waals surface area contributed by atoms with Crippen LogP contribution in [0.4, 0.5) is 0 Å². The Morgan fingerprint density at radius 1 is 1.47 bits per heavy atom. The minimum Gasteiger partial charge on any atom is -0.461 e. The predicted molar refractivity (Wildman–Crippen MR) is 70.6 cm³/mol. The van der Waals surface area contributed by atoms with Crippen LogP contribution in [0, 0.1) is 5.92 Å². The van der Waals surface area contributed by atoms with Gasteiger partial charge in [0.05, 0.1) is 6.61 Å². The Kier molecular flexibility index (Phi) is 4.79. The molecule has 0 aliphatic rings. The fourth-order valence-electron chi connectivity index (χ4n) is 1.89. The minimum absolute atomic E-state index is 0.317. The third-order valence-corrected chi connectivity index (χ3v) is 2.69. The average Bonchev–Trinajstić information content (AvgIpc) is 2.56. The van der Waals surface area contributed by atoms with Gasteiger partial charge in [0.2, 0.25) is 0 Å². The number of aromatic nitrogens is 2. The summed E-state index contributed by atoms with van der Waals surface area (Å²) in [5.41, 5.74) is 2.56. The molecule has 0 saturated carbocycles. The highest BCUT2D eigenvalue weighted by Gasteiger charge is 2.20. The second kappa shape index (κ2) is 5.89. The maximum atomic E-state index is 11.7. The molecule has 0 aliphatic heterocycles. The molecule has 0 unspecified atom stereocenters. The SMILES string of the molecule is Bc1c(C(=O)OCC)nn(CC)c1CC(C)C. The summed E-state index contributed by atoms with van der Waals surface area (Å²) in [4.78, 5) is 11.7. The summed E-state index contributed by atoms with van der Waals surface area (Å²) in [7, 11) is 1.95. The van der Waals surface area contributed by atoms with Crippen LogP contribution < -0.4 is 5.46 Å². The number of hydrogen-bond acceptors (Lipinski definition) is 3. The van der Waals surface area contributed by atoms with Gasteiger partial charge < -0.3 is 4.74 Å². The summed E-state index contributed by atoms with van der Waals surface area (Å²) in [6.07, 6.45) is 0.937. The topological polar surface area (TPSA) is 44.1 Å². The molecule has 0 aliphatic carbocycles. The summed E-state index contributed by atoms with van der Waals surface area (Å²) in [6.45, 7) is 9.33. The molecule has 0 atom stereocenters. The Morgan fingerprint density at radius 3 is 2.59 bits per heavy atom. The number of carbonyl (C=O) groups excluding carboxylic acids is 1. The van der Waals surface area contributed by atoms with Crippen molar-refractivity contribution in [2.45, 2.75) is 40.7 Å². The molecule has 0 amide bonds. The van der Waals surface area contributed by atoms with Crippen LogP contribution >= 0.6 is 0 Å². The van der Waals surface area contributed by atoms with E-state index in [1.165, 1.54) is 0 Å². The molecule has 0 radical (unpaired) electrons. The van der Waals surface area contributed by atoms with Crippen LogP contribution in [0.5, 0.6) is 0 Å². The number of nitrogens with zero attached hydrogens (tertiary/aromatic N) is 2. The molecule has 0 N–H and O–H groups in total. The van der Waals surface area contributed by atoms with E-state index in [-0.39, 0.29) is 5.97 Å². The van der Waals surface area contributed by atoms with Crippen molar-refractivity contribution in [3.8, 4) is 0 Å². The highest BCUT2D eigenvalue weighted by molar-refractivity contribution is 6.36. The number of hydrogen-bond donors (Lipinski definition) is 0. The van der Waals surface area contributed by atoms with Gasteiger partial charge in [-0.1, -0.05) is 13.8 Å². The zero-order valence-corrected chi connectivity index (χ0v) is 11.4. The monoisotopic (exact) mass is 236 g/mol. The van der Waals surface area contributed by atoms with E-state index in [4.69, 9.17) is 4.74 Å². The van der Waals surface area contributed by atoms with Gasteiger partial charge in [-0.3, -0.25) is 4.68 Å². The van der Waals surface area contributed by atoms with Crippen LogP contribution in [0.1, 0.15) is 43.9 Å². The van der Waals surface area contributed by atoms with E-state index < -0.39 is 0 Å². The summed E-state index contributed by atoms with van der Waals surface area (Å²) in [5.74, 6) is 0.230. The van der Waals surface area contributed by atoms with Gasteiger partial charge in [0.25, 0.3) is 0 Å². The zero-order valence-electron chi connectivity index (χ0n) is 11.4. The van der Waals surface area contributed by atoms with Gasteiger partial charge in [-0.2, -0.15) is 5.10 Å². The van der Waals surface area contributed by atoms with E-state index in [0.717, 1.165) is 24.1 Å². The highest BCUT2D eigenvalue weighted by atomic mass is 16.5. The van der Waals surface area contributed by atoms with Gasteiger partial charge in [-0.25, -0.2) is 4.79 Å². The zero-order chi connectivity index (χ0) is 13.0. The number of esters is 1. The molecule has 1 aromatic heterocycles. The molecule has 17 heavy (non-hydrogen) atoms. The number of aryl methyl sites for hydroxylation is 1. The third-order valence-electron chi connectivity index (χ3n) is 2.69. The Morgan fingerprint density at radius 2 is 2.12 bits per heavy atom. The van der Waals surface area contributed by atoms with Gasteiger partial charge in [0.1, 0.15) is 7.85 Å². The number of rotatable bonds is 5. The second-order valence-electron chi connectivity index (χ2n) is 4.55. The van der Waals surface area contributed by atoms with Crippen LogP contribution in [-0.2, 0) is 17.7 Å². The molecule has 1 heterocycles. The fourth-order valence-corrected chi connectivity index (χ4v) is 1.89. The first-order valence-corrected chi connectivity index (χ1v) is 6.24. The Labute approximate surface area is 104 Å². The van der Waals surface area contributed by atoms with Crippen molar-refractivity contribution in [1.82, 2.24) is 9.78 Å². The molecule has 0 aromatic carbocycles. The molecular formula is C12H21BN2O2. The molecular weight excluding hydrogens is 215 g/mol. The van der Waals surface area contributed by atoms with Gasteiger partial charge in [0, 0.05) is 12.2 Å². The van der Waals surface area contributed by atoms with E-state index in [0.29, 0.717) is 18.2 Å². The Bertz CT molecular complexity index is 399. The smallest absolute Gasteiger partial charge is 0.358 e. The summed E-state index contributed by atoms with van der Waals surface area (Å²) in [5, 5.41) is 4.34. The fraction of sp³-hybridized carbons (Fsp3) is 0.667. The average molecular weight is 236 g/mol. The second-order valence-corrected chi connectivity index (χ2v) is 4.55. The predicted octanol–water partition coefficient (Wildman–Crippen LogP) is 0.537. The molecule has 5 heteroatoms. The van der Waals surface area contributed by atoms with Crippen molar-refractivity contribution in [2.75, 3.05) is 6.61 Å². The molecule has 0 fully saturated rings. The van der Waals surface area contributed by atoms with E-state index >= 15 is 0 Å². The third kappa shape index (κ3) is 3.11.